The van der Waals surface area contributed by atoms with Crippen LogP contribution in [0.1, 0.15) is 24.0 Å². The maximum atomic E-state index is 12.3. The van der Waals surface area contributed by atoms with Gasteiger partial charge in [-0.1, -0.05) is 12.1 Å². The van der Waals surface area contributed by atoms with Crippen molar-refractivity contribution in [1.82, 2.24) is 4.90 Å². The highest BCUT2D eigenvalue weighted by Gasteiger charge is 2.28. The van der Waals surface area contributed by atoms with Gasteiger partial charge in [0, 0.05) is 24.6 Å². The zero-order valence-electron chi connectivity index (χ0n) is 17.6. The molecule has 31 heavy (non-hydrogen) atoms. The topological polar surface area (TPSA) is 94.2 Å². The number of likely N-dealkylation sites (tertiary alicyclic amines) is 1. The Morgan fingerprint density at radius 2 is 1.55 bits per heavy atom. The van der Waals surface area contributed by atoms with Crippen LogP contribution in [-0.2, 0) is 20.9 Å². The molecule has 1 aliphatic rings. The summed E-state index contributed by atoms with van der Waals surface area (Å²) >= 11 is 0. The fraction of sp³-hybridized carbons (Fsp3) is 0.261. The predicted molar refractivity (Wildman–Crippen MR) is 115 cm³/mol. The van der Waals surface area contributed by atoms with Crippen molar-refractivity contribution in [1.29, 1.82) is 0 Å². The van der Waals surface area contributed by atoms with Gasteiger partial charge in [-0.15, -0.1) is 0 Å². The Hall–Kier alpha value is -3.81. The molecule has 1 saturated heterocycles. The van der Waals surface area contributed by atoms with Gasteiger partial charge in [-0.05, 0) is 41.5 Å². The summed E-state index contributed by atoms with van der Waals surface area (Å²) in [6.45, 7) is 0.243. The molecule has 0 spiro atoms. The quantitative estimate of drug-likeness (QED) is 0.517. The van der Waals surface area contributed by atoms with E-state index >= 15 is 0 Å². The lowest BCUT2D eigenvalue weighted by Gasteiger charge is -2.14. The Kier molecular flexibility index (Phi) is 6.92. The van der Waals surface area contributed by atoms with Crippen molar-refractivity contribution in [2.24, 2.45) is 0 Å². The highest BCUT2D eigenvalue weighted by molar-refractivity contribution is 6.02. The molecule has 3 rings (SSSR count). The second-order valence-corrected chi connectivity index (χ2v) is 6.85. The van der Waals surface area contributed by atoms with Crippen molar-refractivity contribution in [2.45, 2.75) is 19.4 Å². The van der Waals surface area contributed by atoms with Crippen molar-refractivity contribution in [3.8, 4) is 17.2 Å². The number of anilines is 1. The third-order valence-electron chi connectivity index (χ3n) is 4.83. The average molecular weight is 424 g/mol. The van der Waals surface area contributed by atoms with E-state index in [1.165, 1.54) is 32.3 Å². The molecule has 0 aromatic heterocycles. The molecule has 1 N–H and O–H groups in total. The molecule has 162 valence electrons. The summed E-state index contributed by atoms with van der Waals surface area (Å²) in [7, 11) is 4.57. The van der Waals surface area contributed by atoms with E-state index in [4.69, 9.17) is 14.2 Å². The van der Waals surface area contributed by atoms with Gasteiger partial charge < -0.3 is 19.5 Å². The number of imide groups is 1. The number of methoxy groups -OCH3 is 3. The monoisotopic (exact) mass is 424 g/mol. The number of hydrogen-bond acceptors (Lipinski definition) is 6. The summed E-state index contributed by atoms with van der Waals surface area (Å²) in [6, 6.07) is 10.5. The summed E-state index contributed by atoms with van der Waals surface area (Å²) in [4.78, 5) is 37.0. The van der Waals surface area contributed by atoms with Gasteiger partial charge in [-0.3, -0.25) is 19.3 Å². The highest BCUT2D eigenvalue weighted by Crippen LogP contribution is 2.38. The Morgan fingerprint density at radius 1 is 0.968 bits per heavy atom. The van der Waals surface area contributed by atoms with Gasteiger partial charge >= 0.3 is 0 Å². The van der Waals surface area contributed by atoms with Crippen molar-refractivity contribution in [3.63, 3.8) is 0 Å². The third kappa shape index (κ3) is 5.22. The zero-order valence-corrected chi connectivity index (χ0v) is 17.6. The average Bonchev–Trinajstić information content (AvgIpc) is 3.10. The largest absolute Gasteiger partial charge is 0.493 e. The van der Waals surface area contributed by atoms with E-state index in [0.29, 0.717) is 28.5 Å². The number of ether oxygens (including phenoxy) is 3. The van der Waals surface area contributed by atoms with Gasteiger partial charge in [-0.2, -0.15) is 0 Å². The maximum absolute atomic E-state index is 12.3. The standard InChI is InChI=1S/C23H24N2O6/c1-29-18-12-16(13-19(30-2)23(18)31-3)6-9-20(26)24-17-7-4-15(5-8-17)14-25-21(27)10-11-22(25)28/h4-9,12-13H,10-11,14H2,1-3H3,(H,24,26). The van der Waals surface area contributed by atoms with Gasteiger partial charge in [0.05, 0.1) is 27.9 Å². The van der Waals surface area contributed by atoms with E-state index in [2.05, 4.69) is 5.32 Å². The van der Waals surface area contributed by atoms with Crippen LogP contribution in [-0.4, -0.2) is 44.0 Å². The van der Waals surface area contributed by atoms with Crippen LogP contribution in [0.5, 0.6) is 17.2 Å². The molecule has 3 amide bonds. The normalized spacial score (nSPS) is 13.6. The number of nitrogens with one attached hydrogen (secondary N) is 1. The minimum absolute atomic E-state index is 0.153. The van der Waals surface area contributed by atoms with E-state index in [9.17, 15) is 14.4 Å². The Balaban J connectivity index is 1.63. The molecule has 2 aromatic rings. The first-order valence-corrected chi connectivity index (χ1v) is 9.66. The van der Waals surface area contributed by atoms with Crippen LogP contribution in [0.4, 0.5) is 5.69 Å². The molecule has 0 saturated carbocycles. The van der Waals surface area contributed by atoms with Crippen molar-refractivity contribution in [2.75, 3.05) is 26.6 Å². The van der Waals surface area contributed by atoms with E-state index in [1.54, 1.807) is 42.5 Å². The number of carbonyl (C=O) groups excluding carboxylic acids is 3. The first-order chi connectivity index (χ1) is 14.9. The van der Waals surface area contributed by atoms with Crippen LogP contribution < -0.4 is 19.5 Å². The van der Waals surface area contributed by atoms with Crippen LogP contribution >= 0.6 is 0 Å². The van der Waals surface area contributed by atoms with E-state index in [-0.39, 0.29) is 37.1 Å². The summed E-state index contributed by atoms with van der Waals surface area (Å²) in [5.74, 6) is 0.842. The van der Waals surface area contributed by atoms with Gasteiger partial charge in [0.1, 0.15) is 0 Å². The number of nitrogens with zero attached hydrogens (tertiary/aromatic N) is 1. The summed E-state index contributed by atoms with van der Waals surface area (Å²) in [6.07, 6.45) is 3.57. The lowest BCUT2D eigenvalue weighted by atomic mass is 10.1. The second kappa shape index (κ2) is 9.80. The molecule has 0 unspecified atom stereocenters. The Labute approximate surface area is 180 Å². The van der Waals surface area contributed by atoms with Gasteiger partial charge in [0.15, 0.2) is 11.5 Å². The zero-order chi connectivity index (χ0) is 22.4. The SMILES string of the molecule is COc1cc(C=CC(=O)Nc2ccc(CN3C(=O)CCC3=O)cc2)cc(OC)c1OC. The molecule has 2 aromatic carbocycles. The lowest BCUT2D eigenvalue weighted by molar-refractivity contribution is -0.139. The molecule has 0 aliphatic carbocycles. The summed E-state index contributed by atoms with van der Waals surface area (Å²) < 4.78 is 15.9. The molecule has 0 atom stereocenters. The van der Waals surface area contributed by atoms with Crippen LogP contribution in [0.2, 0.25) is 0 Å². The van der Waals surface area contributed by atoms with E-state index in [1.807, 2.05) is 0 Å². The second-order valence-electron chi connectivity index (χ2n) is 6.85. The van der Waals surface area contributed by atoms with Gasteiger partial charge in [-0.25, -0.2) is 0 Å². The molecule has 1 heterocycles. The minimum atomic E-state index is -0.314. The van der Waals surface area contributed by atoms with Gasteiger partial charge in [0.2, 0.25) is 23.5 Å². The first kappa shape index (κ1) is 21.9. The van der Waals surface area contributed by atoms with Crippen molar-refractivity contribution < 1.29 is 28.6 Å². The molecule has 8 nitrogen and oxygen atoms in total. The van der Waals surface area contributed by atoms with Crippen LogP contribution in [0.25, 0.3) is 6.08 Å². The first-order valence-electron chi connectivity index (χ1n) is 9.66. The fourth-order valence-electron chi connectivity index (χ4n) is 3.23. The smallest absolute Gasteiger partial charge is 0.248 e. The maximum Gasteiger partial charge on any atom is 0.248 e. The summed E-state index contributed by atoms with van der Waals surface area (Å²) in [5.41, 5.74) is 2.12. The Bertz CT molecular complexity index is 972. The van der Waals surface area contributed by atoms with Crippen LogP contribution in [0.3, 0.4) is 0 Å². The number of hydrogen-bond donors (Lipinski definition) is 1. The van der Waals surface area contributed by atoms with Crippen molar-refractivity contribution >= 4 is 29.5 Å². The number of carbonyl (C=O) groups is 3. The molecule has 1 aliphatic heterocycles. The van der Waals surface area contributed by atoms with Crippen LogP contribution in [0.15, 0.2) is 42.5 Å². The van der Waals surface area contributed by atoms with E-state index < -0.39 is 0 Å². The van der Waals surface area contributed by atoms with Crippen LogP contribution in [0, 0.1) is 0 Å². The third-order valence-corrected chi connectivity index (χ3v) is 4.83. The number of rotatable bonds is 8. The molecule has 0 bridgehead atoms. The Morgan fingerprint density at radius 3 is 2.06 bits per heavy atom. The molecule has 8 heteroatoms. The fourth-order valence-corrected chi connectivity index (χ4v) is 3.23. The molecule has 1 fully saturated rings. The minimum Gasteiger partial charge on any atom is -0.493 e. The predicted octanol–water partition coefficient (Wildman–Crippen LogP) is 3.01. The molecular formula is C23H24N2O6. The van der Waals surface area contributed by atoms with Crippen molar-refractivity contribution in [3.05, 3.63) is 53.6 Å². The number of amides is 3. The molecular weight excluding hydrogens is 400 g/mol. The highest BCUT2D eigenvalue weighted by atomic mass is 16.5. The number of benzene rings is 2. The molecule has 0 radical (unpaired) electrons. The van der Waals surface area contributed by atoms with Gasteiger partial charge in [0.25, 0.3) is 0 Å². The summed E-state index contributed by atoms with van der Waals surface area (Å²) in [5, 5.41) is 2.77. The lowest BCUT2D eigenvalue weighted by Crippen LogP contribution is -2.28. The van der Waals surface area contributed by atoms with E-state index in [0.717, 1.165) is 5.56 Å².